The van der Waals surface area contributed by atoms with E-state index in [0.717, 1.165) is 18.8 Å². The zero-order chi connectivity index (χ0) is 9.52. The van der Waals surface area contributed by atoms with Crippen molar-refractivity contribution in [3.05, 3.63) is 18.2 Å². The van der Waals surface area contributed by atoms with Crippen LogP contribution in [0.25, 0.3) is 0 Å². The van der Waals surface area contributed by atoms with Gasteiger partial charge in [-0.05, 0) is 19.4 Å². The summed E-state index contributed by atoms with van der Waals surface area (Å²) in [4.78, 5) is 7.43. The molecule has 1 heterocycles. The lowest BCUT2D eigenvalue weighted by Crippen LogP contribution is -2.22. The van der Waals surface area contributed by atoms with Crippen molar-refractivity contribution in [3.8, 4) is 0 Å². The fourth-order valence-corrected chi connectivity index (χ4v) is 1.41. The summed E-state index contributed by atoms with van der Waals surface area (Å²) in [7, 11) is 0. The number of hydrogen-bond acceptors (Lipinski definition) is 2. The third kappa shape index (κ3) is 3.19. The van der Waals surface area contributed by atoms with Gasteiger partial charge in [0.1, 0.15) is 5.82 Å². The van der Waals surface area contributed by atoms with Crippen LogP contribution in [0.15, 0.2) is 12.4 Å². The maximum atomic E-state index is 4.27. The van der Waals surface area contributed by atoms with Gasteiger partial charge in [-0.1, -0.05) is 20.3 Å². The average Bonchev–Trinajstić information content (AvgIpc) is 2.65. The van der Waals surface area contributed by atoms with Crippen LogP contribution in [0.1, 0.15) is 45.0 Å². The fourth-order valence-electron chi connectivity index (χ4n) is 1.41. The van der Waals surface area contributed by atoms with Crippen LogP contribution in [-0.4, -0.2) is 16.5 Å². The second-order valence-electron chi connectivity index (χ2n) is 3.27. The molecule has 0 aliphatic heterocycles. The van der Waals surface area contributed by atoms with Crippen molar-refractivity contribution in [2.45, 2.75) is 39.2 Å². The number of aromatic amines is 1. The second-order valence-corrected chi connectivity index (χ2v) is 3.27. The third-order valence-electron chi connectivity index (χ3n) is 2.07. The molecular weight excluding hydrogens is 162 g/mol. The van der Waals surface area contributed by atoms with Gasteiger partial charge < -0.3 is 10.3 Å². The number of imidazole rings is 1. The summed E-state index contributed by atoms with van der Waals surface area (Å²) in [5.74, 6) is 1.07. The topological polar surface area (TPSA) is 40.7 Å². The maximum Gasteiger partial charge on any atom is 0.123 e. The number of nitrogens with one attached hydrogen (secondary N) is 2. The Bertz CT molecular complexity index is 206. The van der Waals surface area contributed by atoms with Crippen LogP contribution in [0.5, 0.6) is 0 Å². The molecule has 0 aromatic carbocycles. The largest absolute Gasteiger partial charge is 0.347 e. The molecule has 0 saturated carbocycles. The summed E-state index contributed by atoms with van der Waals surface area (Å²) in [6.07, 6.45) is 7.19. The molecule has 0 bridgehead atoms. The van der Waals surface area contributed by atoms with E-state index in [9.17, 15) is 0 Å². The van der Waals surface area contributed by atoms with Gasteiger partial charge in [-0.2, -0.15) is 0 Å². The highest BCUT2D eigenvalue weighted by Gasteiger charge is 2.10. The summed E-state index contributed by atoms with van der Waals surface area (Å²) < 4.78 is 0. The van der Waals surface area contributed by atoms with E-state index in [4.69, 9.17) is 0 Å². The van der Waals surface area contributed by atoms with Crippen LogP contribution < -0.4 is 5.32 Å². The number of aromatic nitrogens is 2. The van der Waals surface area contributed by atoms with Crippen molar-refractivity contribution in [1.82, 2.24) is 15.3 Å². The van der Waals surface area contributed by atoms with Crippen LogP contribution in [0.4, 0.5) is 0 Å². The van der Waals surface area contributed by atoms with Gasteiger partial charge in [0, 0.05) is 12.4 Å². The van der Waals surface area contributed by atoms with E-state index in [1.807, 2.05) is 12.4 Å². The Labute approximate surface area is 80.0 Å². The quantitative estimate of drug-likeness (QED) is 0.706. The number of hydrogen-bond donors (Lipinski definition) is 2. The standard InChI is InChI=1S/C10H19N3/c1-3-5-9(11-6-4-2)10-12-7-8-13-10/h7-9,11H,3-6H2,1-2H3,(H,12,13). The Morgan fingerprint density at radius 3 is 2.85 bits per heavy atom. The van der Waals surface area contributed by atoms with Gasteiger partial charge in [-0.3, -0.25) is 0 Å². The molecule has 0 amide bonds. The highest BCUT2D eigenvalue weighted by atomic mass is 15.0. The second kappa shape index (κ2) is 5.75. The van der Waals surface area contributed by atoms with Gasteiger partial charge in [0.15, 0.2) is 0 Å². The minimum absolute atomic E-state index is 0.403. The van der Waals surface area contributed by atoms with Gasteiger partial charge in [-0.25, -0.2) is 4.98 Å². The Morgan fingerprint density at radius 2 is 2.31 bits per heavy atom. The Hall–Kier alpha value is -0.830. The van der Waals surface area contributed by atoms with Crippen molar-refractivity contribution in [2.75, 3.05) is 6.54 Å². The predicted octanol–water partition coefficient (Wildman–Crippen LogP) is 2.25. The smallest absolute Gasteiger partial charge is 0.123 e. The monoisotopic (exact) mass is 181 g/mol. The van der Waals surface area contributed by atoms with Crippen LogP contribution in [0.3, 0.4) is 0 Å². The summed E-state index contributed by atoms with van der Waals surface area (Å²) >= 11 is 0. The molecule has 74 valence electrons. The molecule has 0 aliphatic rings. The van der Waals surface area contributed by atoms with E-state index in [0.29, 0.717) is 6.04 Å². The van der Waals surface area contributed by atoms with Crippen LogP contribution in [0, 0.1) is 0 Å². The maximum absolute atomic E-state index is 4.27. The molecule has 1 aromatic rings. The first-order valence-corrected chi connectivity index (χ1v) is 5.11. The zero-order valence-electron chi connectivity index (χ0n) is 8.51. The Morgan fingerprint density at radius 1 is 1.46 bits per heavy atom. The number of rotatable bonds is 6. The first kappa shape index (κ1) is 10.3. The average molecular weight is 181 g/mol. The normalized spacial score (nSPS) is 13.1. The number of H-pyrrole nitrogens is 1. The van der Waals surface area contributed by atoms with E-state index in [2.05, 4.69) is 29.1 Å². The van der Waals surface area contributed by atoms with Crippen molar-refractivity contribution >= 4 is 0 Å². The lowest BCUT2D eigenvalue weighted by Gasteiger charge is -2.14. The van der Waals surface area contributed by atoms with Crippen LogP contribution in [0.2, 0.25) is 0 Å². The summed E-state index contributed by atoms with van der Waals surface area (Å²) in [5, 5.41) is 3.48. The first-order valence-electron chi connectivity index (χ1n) is 5.11. The highest BCUT2D eigenvalue weighted by molar-refractivity contribution is 4.95. The van der Waals surface area contributed by atoms with E-state index in [1.165, 1.54) is 12.8 Å². The molecule has 0 radical (unpaired) electrons. The first-order chi connectivity index (χ1) is 6.38. The summed E-state index contributed by atoms with van der Waals surface area (Å²) in [6, 6.07) is 0.403. The SMILES string of the molecule is CCCNC(CCC)c1ncc[nH]1. The van der Waals surface area contributed by atoms with Gasteiger partial charge >= 0.3 is 0 Å². The third-order valence-corrected chi connectivity index (χ3v) is 2.07. The van der Waals surface area contributed by atoms with Crippen molar-refractivity contribution in [1.29, 1.82) is 0 Å². The van der Waals surface area contributed by atoms with E-state index < -0.39 is 0 Å². The Balaban J connectivity index is 2.47. The molecular formula is C10H19N3. The predicted molar refractivity (Wildman–Crippen MR) is 54.5 cm³/mol. The number of nitrogens with zero attached hydrogens (tertiary/aromatic N) is 1. The molecule has 1 rings (SSSR count). The van der Waals surface area contributed by atoms with E-state index >= 15 is 0 Å². The van der Waals surface area contributed by atoms with Crippen molar-refractivity contribution in [2.24, 2.45) is 0 Å². The van der Waals surface area contributed by atoms with Crippen molar-refractivity contribution in [3.63, 3.8) is 0 Å². The summed E-state index contributed by atoms with van der Waals surface area (Å²) in [6.45, 7) is 5.44. The van der Waals surface area contributed by atoms with Crippen molar-refractivity contribution < 1.29 is 0 Å². The molecule has 1 aromatic heterocycles. The molecule has 1 unspecified atom stereocenters. The van der Waals surface area contributed by atoms with Gasteiger partial charge in [0.25, 0.3) is 0 Å². The molecule has 0 saturated heterocycles. The van der Waals surface area contributed by atoms with E-state index in [-0.39, 0.29) is 0 Å². The zero-order valence-corrected chi connectivity index (χ0v) is 8.51. The van der Waals surface area contributed by atoms with E-state index in [1.54, 1.807) is 0 Å². The fraction of sp³-hybridized carbons (Fsp3) is 0.700. The minimum atomic E-state index is 0.403. The molecule has 0 fully saturated rings. The minimum Gasteiger partial charge on any atom is -0.347 e. The molecule has 0 aliphatic carbocycles. The Kier molecular flexibility index (Phi) is 4.54. The van der Waals surface area contributed by atoms with Gasteiger partial charge in [0.05, 0.1) is 6.04 Å². The lowest BCUT2D eigenvalue weighted by molar-refractivity contribution is 0.475. The molecule has 3 heteroatoms. The molecule has 2 N–H and O–H groups in total. The van der Waals surface area contributed by atoms with Gasteiger partial charge in [-0.15, -0.1) is 0 Å². The lowest BCUT2D eigenvalue weighted by atomic mass is 10.1. The molecule has 0 spiro atoms. The van der Waals surface area contributed by atoms with Gasteiger partial charge in [0.2, 0.25) is 0 Å². The molecule has 13 heavy (non-hydrogen) atoms. The summed E-state index contributed by atoms with van der Waals surface area (Å²) in [5.41, 5.74) is 0. The highest BCUT2D eigenvalue weighted by Crippen LogP contribution is 2.13. The van der Waals surface area contributed by atoms with Crippen LogP contribution >= 0.6 is 0 Å². The molecule has 1 atom stereocenters. The molecule has 3 nitrogen and oxygen atoms in total. The van der Waals surface area contributed by atoms with Crippen LogP contribution in [-0.2, 0) is 0 Å².